The van der Waals surface area contributed by atoms with Gasteiger partial charge in [0.05, 0.1) is 11.8 Å². The van der Waals surface area contributed by atoms with Crippen LogP contribution in [0.2, 0.25) is 0 Å². The molecule has 4 nitrogen and oxygen atoms in total. The minimum absolute atomic E-state index is 0.0238. The van der Waals surface area contributed by atoms with E-state index in [0.717, 1.165) is 0 Å². The number of hydrogen-bond donors (Lipinski definition) is 1. The number of rotatable bonds is 4. The molecule has 0 aliphatic heterocycles. The van der Waals surface area contributed by atoms with E-state index in [4.69, 9.17) is 9.84 Å². The highest BCUT2D eigenvalue weighted by Gasteiger charge is 2.31. The van der Waals surface area contributed by atoms with E-state index in [9.17, 15) is 4.79 Å². The lowest BCUT2D eigenvalue weighted by molar-refractivity contribution is -0.142. The van der Waals surface area contributed by atoms with Crippen molar-refractivity contribution < 1.29 is 14.6 Å². The summed E-state index contributed by atoms with van der Waals surface area (Å²) >= 11 is 0. The maximum absolute atomic E-state index is 11.1. The van der Waals surface area contributed by atoms with Crippen molar-refractivity contribution in [2.24, 2.45) is 0 Å². The Morgan fingerprint density at radius 1 is 1.44 bits per heavy atom. The lowest BCUT2D eigenvalue weighted by atomic mass is 9.89. The molecule has 1 heterocycles. The molecular weight excluding hydrogens is 206 g/mol. The van der Waals surface area contributed by atoms with Crippen LogP contribution in [0.1, 0.15) is 33.4 Å². The highest BCUT2D eigenvalue weighted by molar-refractivity contribution is 5.79. The third-order valence-electron chi connectivity index (χ3n) is 2.26. The fourth-order valence-electron chi connectivity index (χ4n) is 1.18. The second-order valence-corrected chi connectivity index (χ2v) is 4.46. The molecule has 16 heavy (non-hydrogen) atoms. The second-order valence-electron chi connectivity index (χ2n) is 4.46. The summed E-state index contributed by atoms with van der Waals surface area (Å²) in [4.78, 5) is 15.3. The topological polar surface area (TPSA) is 59.4 Å². The van der Waals surface area contributed by atoms with Gasteiger partial charge in [-0.25, -0.2) is 4.98 Å². The van der Waals surface area contributed by atoms with Crippen LogP contribution in [0.15, 0.2) is 18.2 Å². The summed E-state index contributed by atoms with van der Waals surface area (Å²) in [5, 5.41) is 9.09. The summed E-state index contributed by atoms with van der Waals surface area (Å²) in [7, 11) is 0. The van der Waals surface area contributed by atoms with Crippen LogP contribution in [-0.2, 0) is 10.2 Å². The lowest BCUT2D eigenvalue weighted by Gasteiger charge is -2.19. The van der Waals surface area contributed by atoms with E-state index in [1.165, 1.54) is 0 Å². The zero-order valence-electron chi connectivity index (χ0n) is 10.0. The molecule has 0 fully saturated rings. The van der Waals surface area contributed by atoms with Crippen LogP contribution < -0.4 is 4.74 Å². The van der Waals surface area contributed by atoms with E-state index >= 15 is 0 Å². The normalized spacial score (nSPS) is 11.6. The van der Waals surface area contributed by atoms with Crippen molar-refractivity contribution in [2.75, 3.05) is 0 Å². The summed E-state index contributed by atoms with van der Waals surface area (Å²) < 4.78 is 5.43. The Bertz CT molecular complexity index is 386. The SMILES string of the molecule is CC(C)Oc1cccc(C(C)(C)C(=O)O)n1. The molecule has 88 valence electrons. The largest absolute Gasteiger partial charge is 0.481 e. The molecule has 0 unspecified atom stereocenters. The number of nitrogens with zero attached hydrogens (tertiary/aromatic N) is 1. The summed E-state index contributed by atoms with van der Waals surface area (Å²) in [6, 6.07) is 5.17. The van der Waals surface area contributed by atoms with Crippen molar-refractivity contribution >= 4 is 5.97 Å². The van der Waals surface area contributed by atoms with Crippen LogP contribution in [0.4, 0.5) is 0 Å². The van der Waals surface area contributed by atoms with Gasteiger partial charge in [-0.15, -0.1) is 0 Å². The fourth-order valence-corrected chi connectivity index (χ4v) is 1.18. The third-order valence-corrected chi connectivity index (χ3v) is 2.26. The van der Waals surface area contributed by atoms with Crippen LogP contribution in [0, 0.1) is 0 Å². The Kier molecular flexibility index (Phi) is 3.52. The first-order chi connectivity index (χ1) is 7.34. The average molecular weight is 223 g/mol. The van der Waals surface area contributed by atoms with E-state index in [1.807, 2.05) is 13.8 Å². The molecule has 0 aliphatic carbocycles. The van der Waals surface area contributed by atoms with Crippen LogP contribution in [-0.4, -0.2) is 22.2 Å². The monoisotopic (exact) mass is 223 g/mol. The lowest BCUT2D eigenvalue weighted by Crippen LogP contribution is -2.29. The van der Waals surface area contributed by atoms with E-state index in [2.05, 4.69) is 4.98 Å². The minimum atomic E-state index is -1.00. The van der Waals surface area contributed by atoms with E-state index < -0.39 is 11.4 Å². The van der Waals surface area contributed by atoms with Crippen molar-refractivity contribution in [1.82, 2.24) is 4.98 Å². The number of aliphatic carboxylic acids is 1. The van der Waals surface area contributed by atoms with Crippen molar-refractivity contribution in [2.45, 2.75) is 39.2 Å². The molecule has 1 aromatic rings. The standard InChI is InChI=1S/C12H17NO3/c1-8(2)16-10-7-5-6-9(13-10)12(3,4)11(14)15/h5-8H,1-4H3,(H,14,15). The van der Waals surface area contributed by atoms with E-state index in [0.29, 0.717) is 11.6 Å². The first-order valence-electron chi connectivity index (χ1n) is 5.21. The van der Waals surface area contributed by atoms with Gasteiger partial charge in [0, 0.05) is 6.07 Å². The summed E-state index contributed by atoms with van der Waals surface area (Å²) in [5.41, 5.74) is -0.505. The van der Waals surface area contributed by atoms with Crippen LogP contribution >= 0.6 is 0 Å². The molecule has 4 heteroatoms. The Labute approximate surface area is 95.3 Å². The van der Waals surface area contributed by atoms with Gasteiger partial charge >= 0.3 is 5.97 Å². The number of carboxylic acid groups (broad SMARTS) is 1. The molecule has 1 N–H and O–H groups in total. The Balaban J connectivity index is 3.03. The average Bonchev–Trinajstić information content (AvgIpc) is 2.16. The Morgan fingerprint density at radius 2 is 2.06 bits per heavy atom. The molecule has 0 amide bonds. The van der Waals surface area contributed by atoms with Gasteiger partial charge in [-0.2, -0.15) is 0 Å². The molecule has 1 aromatic heterocycles. The zero-order chi connectivity index (χ0) is 12.3. The second kappa shape index (κ2) is 4.51. The Morgan fingerprint density at radius 3 is 2.56 bits per heavy atom. The quantitative estimate of drug-likeness (QED) is 0.850. The van der Waals surface area contributed by atoms with Gasteiger partial charge in [-0.1, -0.05) is 6.07 Å². The smallest absolute Gasteiger partial charge is 0.315 e. The van der Waals surface area contributed by atoms with Crippen molar-refractivity contribution in [3.05, 3.63) is 23.9 Å². The molecule has 0 aromatic carbocycles. The number of ether oxygens (including phenoxy) is 1. The van der Waals surface area contributed by atoms with Gasteiger partial charge in [-0.3, -0.25) is 4.79 Å². The molecule has 0 atom stereocenters. The summed E-state index contributed by atoms with van der Waals surface area (Å²) in [5.74, 6) is -0.441. The van der Waals surface area contributed by atoms with Gasteiger partial charge in [0.15, 0.2) is 0 Å². The van der Waals surface area contributed by atoms with Gasteiger partial charge < -0.3 is 9.84 Å². The molecule has 1 rings (SSSR count). The van der Waals surface area contributed by atoms with Crippen molar-refractivity contribution in [1.29, 1.82) is 0 Å². The van der Waals surface area contributed by atoms with Gasteiger partial charge in [0.1, 0.15) is 5.41 Å². The number of pyridine rings is 1. The van der Waals surface area contributed by atoms with Gasteiger partial charge in [0.2, 0.25) is 5.88 Å². The van der Waals surface area contributed by atoms with Crippen LogP contribution in [0.25, 0.3) is 0 Å². The number of carboxylic acids is 1. The predicted molar refractivity (Wildman–Crippen MR) is 60.7 cm³/mol. The van der Waals surface area contributed by atoms with E-state index in [1.54, 1.807) is 32.0 Å². The molecule has 0 bridgehead atoms. The molecule has 0 aliphatic rings. The maximum atomic E-state index is 11.1. The first kappa shape index (κ1) is 12.5. The summed E-state index contributed by atoms with van der Waals surface area (Å²) in [6.07, 6.45) is 0.0238. The number of aromatic nitrogens is 1. The number of hydrogen-bond acceptors (Lipinski definition) is 3. The number of carbonyl (C=O) groups is 1. The molecule has 0 saturated carbocycles. The Hall–Kier alpha value is -1.58. The van der Waals surface area contributed by atoms with Crippen LogP contribution in [0.3, 0.4) is 0 Å². The first-order valence-corrected chi connectivity index (χ1v) is 5.21. The molecular formula is C12H17NO3. The maximum Gasteiger partial charge on any atom is 0.315 e. The van der Waals surface area contributed by atoms with E-state index in [-0.39, 0.29) is 6.10 Å². The molecule has 0 radical (unpaired) electrons. The zero-order valence-corrected chi connectivity index (χ0v) is 10.0. The fraction of sp³-hybridized carbons (Fsp3) is 0.500. The summed E-state index contributed by atoms with van der Waals surface area (Å²) in [6.45, 7) is 7.04. The molecule has 0 saturated heterocycles. The molecule has 0 spiro atoms. The minimum Gasteiger partial charge on any atom is -0.481 e. The third kappa shape index (κ3) is 2.72. The van der Waals surface area contributed by atoms with Crippen molar-refractivity contribution in [3.8, 4) is 5.88 Å². The van der Waals surface area contributed by atoms with Gasteiger partial charge in [0.25, 0.3) is 0 Å². The predicted octanol–water partition coefficient (Wildman–Crippen LogP) is 2.23. The van der Waals surface area contributed by atoms with Crippen LogP contribution in [0.5, 0.6) is 5.88 Å². The van der Waals surface area contributed by atoms with Crippen molar-refractivity contribution in [3.63, 3.8) is 0 Å². The highest BCUT2D eigenvalue weighted by Crippen LogP contribution is 2.23. The van der Waals surface area contributed by atoms with Gasteiger partial charge in [-0.05, 0) is 33.8 Å². The highest BCUT2D eigenvalue weighted by atomic mass is 16.5.